The molecule has 0 aromatic heterocycles. The van der Waals surface area contributed by atoms with E-state index in [2.05, 4.69) is 4.90 Å². The van der Waals surface area contributed by atoms with E-state index in [0.717, 1.165) is 31.4 Å². The molecule has 2 rings (SSSR count). The van der Waals surface area contributed by atoms with Crippen LogP contribution in [0.15, 0.2) is 18.2 Å². The second-order valence-electron chi connectivity index (χ2n) is 5.00. The number of hydrogen-bond acceptors (Lipinski definition) is 2. The van der Waals surface area contributed by atoms with Gasteiger partial charge in [-0.05, 0) is 43.1 Å². The number of carbonyl (C=O) groups is 1. The summed E-state index contributed by atoms with van der Waals surface area (Å²) in [5.41, 5.74) is 1.04. The molecule has 0 bridgehead atoms. The zero-order valence-electron chi connectivity index (χ0n) is 10.6. The zero-order valence-corrected chi connectivity index (χ0v) is 12.1. The van der Waals surface area contributed by atoms with E-state index in [4.69, 9.17) is 28.3 Å². The predicted molar refractivity (Wildman–Crippen MR) is 76.8 cm³/mol. The summed E-state index contributed by atoms with van der Waals surface area (Å²) < 4.78 is 0. The first-order chi connectivity index (χ1) is 9.04. The van der Waals surface area contributed by atoms with Crippen molar-refractivity contribution in [3.8, 4) is 0 Å². The first kappa shape index (κ1) is 14.6. The van der Waals surface area contributed by atoms with Crippen molar-refractivity contribution in [3.05, 3.63) is 33.8 Å². The van der Waals surface area contributed by atoms with E-state index in [1.54, 1.807) is 6.07 Å². The predicted octanol–water partition coefficient (Wildman–Crippen LogP) is 3.82. The van der Waals surface area contributed by atoms with Gasteiger partial charge in [-0.25, -0.2) is 0 Å². The van der Waals surface area contributed by atoms with Crippen LogP contribution in [-0.4, -0.2) is 28.6 Å². The van der Waals surface area contributed by atoms with Gasteiger partial charge >= 0.3 is 5.97 Å². The number of rotatable bonds is 4. The molecule has 1 fully saturated rings. The van der Waals surface area contributed by atoms with Crippen molar-refractivity contribution in [2.24, 2.45) is 0 Å². The lowest BCUT2D eigenvalue weighted by molar-refractivity contribution is -0.138. The number of carboxylic acid groups (broad SMARTS) is 1. The molecule has 1 aromatic rings. The normalized spacial score (nSPS) is 20.4. The number of hydrogen-bond donors (Lipinski definition) is 1. The minimum absolute atomic E-state index is 0.115. The van der Waals surface area contributed by atoms with Crippen molar-refractivity contribution in [1.82, 2.24) is 4.90 Å². The van der Waals surface area contributed by atoms with Gasteiger partial charge in [0.1, 0.15) is 0 Å². The van der Waals surface area contributed by atoms with Crippen LogP contribution in [0.2, 0.25) is 10.0 Å². The number of likely N-dealkylation sites (tertiary alicyclic amines) is 1. The van der Waals surface area contributed by atoms with Crippen LogP contribution in [0, 0.1) is 0 Å². The van der Waals surface area contributed by atoms with Crippen LogP contribution in [0.1, 0.15) is 31.2 Å². The fourth-order valence-corrected chi connectivity index (χ4v) is 3.21. The Hall–Kier alpha value is -0.770. The highest BCUT2D eigenvalue weighted by molar-refractivity contribution is 6.34. The number of nitrogens with zero attached hydrogens (tertiary/aromatic N) is 1. The molecule has 1 saturated heterocycles. The van der Waals surface area contributed by atoms with E-state index >= 15 is 0 Å². The summed E-state index contributed by atoms with van der Waals surface area (Å²) in [6.07, 6.45) is 3.37. The Morgan fingerprint density at radius 3 is 2.58 bits per heavy atom. The number of aliphatic carboxylic acids is 1. The second kappa shape index (κ2) is 6.60. The molecule has 5 heteroatoms. The Balaban J connectivity index is 2.08. The van der Waals surface area contributed by atoms with Gasteiger partial charge in [0.05, 0.1) is 6.42 Å². The topological polar surface area (TPSA) is 40.5 Å². The molecule has 1 aliphatic heterocycles. The van der Waals surface area contributed by atoms with Crippen molar-refractivity contribution in [3.63, 3.8) is 0 Å². The molecule has 19 heavy (non-hydrogen) atoms. The maximum atomic E-state index is 10.9. The van der Waals surface area contributed by atoms with Crippen molar-refractivity contribution in [1.29, 1.82) is 0 Å². The number of piperidine rings is 1. The minimum Gasteiger partial charge on any atom is -0.481 e. The summed E-state index contributed by atoms with van der Waals surface area (Å²) in [6.45, 7) is 1.64. The molecule has 0 saturated carbocycles. The SMILES string of the molecule is O=C(O)CC1CCCCN1Cc1cc(Cl)cc(Cl)c1. The molecular formula is C14H17Cl2NO2. The van der Waals surface area contributed by atoms with Crippen LogP contribution in [0.25, 0.3) is 0 Å². The fraction of sp³-hybridized carbons (Fsp3) is 0.500. The number of halogens is 2. The average Bonchev–Trinajstić information content (AvgIpc) is 2.29. The quantitative estimate of drug-likeness (QED) is 0.919. The molecule has 0 radical (unpaired) electrons. The van der Waals surface area contributed by atoms with Gasteiger partial charge in [0.25, 0.3) is 0 Å². The molecule has 0 spiro atoms. The average molecular weight is 302 g/mol. The second-order valence-corrected chi connectivity index (χ2v) is 5.87. The smallest absolute Gasteiger partial charge is 0.304 e. The molecule has 1 heterocycles. The molecule has 0 amide bonds. The van der Waals surface area contributed by atoms with E-state index in [1.165, 1.54) is 0 Å². The van der Waals surface area contributed by atoms with E-state index in [1.807, 2.05) is 12.1 Å². The summed E-state index contributed by atoms with van der Waals surface area (Å²) in [4.78, 5) is 13.1. The Bertz CT molecular complexity index is 445. The van der Waals surface area contributed by atoms with E-state index in [9.17, 15) is 4.79 Å². The molecule has 3 nitrogen and oxygen atoms in total. The Kier molecular flexibility index (Phi) is 5.08. The maximum absolute atomic E-state index is 10.9. The molecule has 1 aromatic carbocycles. The van der Waals surface area contributed by atoms with Crippen molar-refractivity contribution < 1.29 is 9.90 Å². The maximum Gasteiger partial charge on any atom is 0.304 e. The monoisotopic (exact) mass is 301 g/mol. The number of carboxylic acids is 1. The summed E-state index contributed by atoms with van der Waals surface area (Å²) in [7, 11) is 0. The number of benzene rings is 1. The summed E-state index contributed by atoms with van der Waals surface area (Å²) in [5.74, 6) is -0.735. The van der Waals surface area contributed by atoms with Gasteiger partial charge < -0.3 is 5.11 Å². The third-order valence-electron chi connectivity index (χ3n) is 3.47. The first-order valence-electron chi connectivity index (χ1n) is 6.45. The molecule has 1 atom stereocenters. The van der Waals surface area contributed by atoms with Gasteiger partial charge in [-0.1, -0.05) is 29.6 Å². The third kappa shape index (κ3) is 4.37. The minimum atomic E-state index is -0.735. The van der Waals surface area contributed by atoms with Crippen LogP contribution in [0.3, 0.4) is 0 Å². The van der Waals surface area contributed by atoms with Gasteiger partial charge in [0, 0.05) is 22.6 Å². The summed E-state index contributed by atoms with van der Waals surface area (Å²) in [5, 5.41) is 10.2. The van der Waals surface area contributed by atoms with Crippen molar-refractivity contribution in [2.75, 3.05) is 6.54 Å². The Labute approximate surface area is 123 Å². The summed E-state index contributed by atoms with van der Waals surface area (Å²) >= 11 is 12.0. The van der Waals surface area contributed by atoms with Gasteiger partial charge in [0.15, 0.2) is 0 Å². The van der Waals surface area contributed by atoms with Gasteiger partial charge in [-0.15, -0.1) is 0 Å². The first-order valence-corrected chi connectivity index (χ1v) is 7.21. The lowest BCUT2D eigenvalue weighted by Crippen LogP contribution is -2.40. The van der Waals surface area contributed by atoms with Crippen molar-refractivity contribution in [2.45, 2.75) is 38.3 Å². The molecular weight excluding hydrogens is 285 g/mol. The molecule has 1 aliphatic rings. The fourth-order valence-electron chi connectivity index (χ4n) is 2.64. The highest BCUT2D eigenvalue weighted by atomic mass is 35.5. The lowest BCUT2D eigenvalue weighted by Gasteiger charge is -2.35. The van der Waals surface area contributed by atoms with Crippen LogP contribution in [0.4, 0.5) is 0 Å². The highest BCUT2D eigenvalue weighted by Gasteiger charge is 2.24. The standard InChI is InChI=1S/C14H17Cl2NO2/c15-11-5-10(6-12(16)7-11)9-17-4-2-1-3-13(17)8-14(18)19/h5-7,13H,1-4,8-9H2,(H,18,19). The molecule has 1 unspecified atom stereocenters. The zero-order chi connectivity index (χ0) is 13.8. The van der Waals surface area contributed by atoms with Crippen molar-refractivity contribution >= 4 is 29.2 Å². The van der Waals surface area contributed by atoms with Gasteiger partial charge in [-0.2, -0.15) is 0 Å². The van der Waals surface area contributed by atoms with Crippen LogP contribution < -0.4 is 0 Å². The van der Waals surface area contributed by atoms with E-state index < -0.39 is 5.97 Å². The molecule has 1 N–H and O–H groups in total. The van der Waals surface area contributed by atoms with Crippen LogP contribution in [0.5, 0.6) is 0 Å². The lowest BCUT2D eigenvalue weighted by atomic mass is 9.98. The largest absolute Gasteiger partial charge is 0.481 e. The highest BCUT2D eigenvalue weighted by Crippen LogP contribution is 2.25. The van der Waals surface area contributed by atoms with E-state index in [-0.39, 0.29) is 12.5 Å². The molecule has 0 aliphatic carbocycles. The Morgan fingerprint density at radius 2 is 1.95 bits per heavy atom. The summed E-state index contributed by atoms with van der Waals surface area (Å²) in [6, 6.07) is 5.60. The molecule has 104 valence electrons. The van der Waals surface area contributed by atoms with E-state index in [0.29, 0.717) is 16.6 Å². The van der Waals surface area contributed by atoms with Crippen LogP contribution >= 0.6 is 23.2 Å². The Morgan fingerprint density at radius 1 is 1.26 bits per heavy atom. The van der Waals surface area contributed by atoms with Gasteiger partial charge in [0.2, 0.25) is 0 Å². The van der Waals surface area contributed by atoms with Crippen LogP contribution in [-0.2, 0) is 11.3 Å². The van der Waals surface area contributed by atoms with Gasteiger partial charge in [-0.3, -0.25) is 9.69 Å². The third-order valence-corrected chi connectivity index (χ3v) is 3.90.